The minimum Gasteiger partial charge on any atom is -0.481 e. The lowest BCUT2D eigenvalue weighted by Gasteiger charge is -2.20. The molecule has 0 saturated carbocycles. The standard InChI is InChI=1S/C13H16ClNO2/c1-15-6-5-10(8-15)12(13(16)17)9-3-2-4-11(14)7-9/h2-4,7,10,12H,5-6,8H2,1H3,(H,16,17). The van der Waals surface area contributed by atoms with E-state index in [4.69, 9.17) is 11.6 Å². The van der Waals surface area contributed by atoms with Crippen molar-refractivity contribution in [3.63, 3.8) is 0 Å². The number of hydrogen-bond acceptors (Lipinski definition) is 2. The predicted octanol–water partition coefficient (Wildman–Crippen LogP) is 2.46. The summed E-state index contributed by atoms with van der Waals surface area (Å²) < 4.78 is 0. The van der Waals surface area contributed by atoms with Crippen LogP contribution in [-0.2, 0) is 4.79 Å². The smallest absolute Gasteiger partial charge is 0.311 e. The summed E-state index contributed by atoms with van der Waals surface area (Å²) in [5.74, 6) is -1.03. The molecule has 2 atom stereocenters. The zero-order chi connectivity index (χ0) is 12.4. The average molecular weight is 254 g/mol. The Hall–Kier alpha value is -1.06. The highest BCUT2D eigenvalue weighted by molar-refractivity contribution is 6.30. The van der Waals surface area contributed by atoms with Gasteiger partial charge >= 0.3 is 5.97 Å². The van der Waals surface area contributed by atoms with Gasteiger partial charge in [0.1, 0.15) is 0 Å². The van der Waals surface area contributed by atoms with Crippen LogP contribution in [-0.4, -0.2) is 36.1 Å². The van der Waals surface area contributed by atoms with Crippen LogP contribution in [0.2, 0.25) is 5.02 Å². The molecular weight excluding hydrogens is 238 g/mol. The van der Waals surface area contributed by atoms with Crippen molar-refractivity contribution in [1.82, 2.24) is 4.90 Å². The van der Waals surface area contributed by atoms with Crippen LogP contribution in [0.25, 0.3) is 0 Å². The van der Waals surface area contributed by atoms with Gasteiger partial charge in [0.25, 0.3) is 0 Å². The Labute approximate surface area is 106 Å². The zero-order valence-corrected chi connectivity index (χ0v) is 10.5. The van der Waals surface area contributed by atoms with Crippen LogP contribution in [0.15, 0.2) is 24.3 Å². The highest BCUT2D eigenvalue weighted by atomic mass is 35.5. The molecule has 92 valence electrons. The molecule has 0 spiro atoms. The molecule has 3 nitrogen and oxygen atoms in total. The highest BCUT2D eigenvalue weighted by Gasteiger charge is 2.33. The van der Waals surface area contributed by atoms with Gasteiger partial charge in [0, 0.05) is 11.6 Å². The number of aliphatic carboxylic acids is 1. The minimum atomic E-state index is -0.757. The average Bonchev–Trinajstić information content (AvgIpc) is 2.64. The van der Waals surface area contributed by atoms with Crippen molar-refractivity contribution < 1.29 is 9.90 Å². The summed E-state index contributed by atoms with van der Waals surface area (Å²) in [5, 5.41) is 10.00. The lowest BCUT2D eigenvalue weighted by atomic mass is 9.85. The van der Waals surface area contributed by atoms with Gasteiger partial charge in [-0.05, 0) is 43.6 Å². The SMILES string of the molecule is CN1CCC(C(C(=O)O)c2cccc(Cl)c2)C1. The van der Waals surface area contributed by atoms with E-state index >= 15 is 0 Å². The van der Waals surface area contributed by atoms with Gasteiger partial charge in [-0.15, -0.1) is 0 Å². The number of carbonyl (C=O) groups is 1. The van der Waals surface area contributed by atoms with Crippen molar-refractivity contribution in [2.24, 2.45) is 5.92 Å². The van der Waals surface area contributed by atoms with E-state index in [-0.39, 0.29) is 5.92 Å². The number of benzene rings is 1. The predicted molar refractivity (Wildman–Crippen MR) is 67.4 cm³/mol. The molecule has 2 unspecified atom stereocenters. The van der Waals surface area contributed by atoms with Gasteiger partial charge in [-0.25, -0.2) is 0 Å². The molecule has 1 aliphatic heterocycles. The Morgan fingerprint density at radius 3 is 2.88 bits per heavy atom. The molecule has 0 amide bonds. The van der Waals surface area contributed by atoms with Crippen molar-refractivity contribution in [2.45, 2.75) is 12.3 Å². The van der Waals surface area contributed by atoms with Gasteiger partial charge in [0.15, 0.2) is 0 Å². The molecule has 0 radical (unpaired) electrons. The van der Waals surface area contributed by atoms with E-state index in [0.717, 1.165) is 25.1 Å². The molecule has 1 aromatic carbocycles. The summed E-state index contributed by atoms with van der Waals surface area (Å²) in [5.41, 5.74) is 0.810. The van der Waals surface area contributed by atoms with E-state index in [1.807, 2.05) is 19.2 Å². The highest BCUT2D eigenvalue weighted by Crippen LogP contribution is 2.32. The van der Waals surface area contributed by atoms with Crippen molar-refractivity contribution >= 4 is 17.6 Å². The summed E-state index contributed by atoms with van der Waals surface area (Å²) >= 11 is 5.93. The maximum atomic E-state index is 11.4. The van der Waals surface area contributed by atoms with Crippen LogP contribution in [0.5, 0.6) is 0 Å². The van der Waals surface area contributed by atoms with Crippen molar-refractivity contribution in [2.75, 3.05) is 20.1 Å². The third-order valence-corrected chi connectivity index (χ3v) is 3.61. The maximum absolute atomic E-state index is 11.4. The molecule has 2 rings (SSSR count). The summed E-state index contributed by atoms with van der Waals surface area (Å²) in [6.07, 6.45) is 0.931. The molecule has 0 aromatic heterocycles. The van der Waals surface area contributed by atoms with E-state index < -0.39 is 11.9 Å². The number of halogens is 1. The second kappa shape index (κ2) is 5.07. The molecule has 1 fully saturated rings. The Morgan fingerprint density at radius 1 is 1.59 bits per heavy atom. The maximum Gasteiger partial charge on any atom is 0.311 e. The first kappa shape index (κ1) is 12.4. The van der Waals surface area contributed by atoms with E-state index in [9.17, 15) is 9.90 Å². The van der Waals surface area contributed by atoms with Crippen molar-refractivity contribution in [3.8, 4) is 0 Å². The topological polar surface area (TPSA) is 40.5 Å². The number of rotatable bonds is 3. The van der Waals surface area contributed by atoms with Gasteiger partial charge < -0.3 is 10.0 Å². The summed E-state index contributed by atoms with van der Waals surface area (Å²) in [6.45, 7) is 1.80. The van der Waals surface area contributed by atoms with E-state index in [0.29, 0.717) is 5.02 Å². The Kier molecular flexibility index (Phi) is 3.69. The summed E-state index contributed by atoms with van der Waals surface area (Å²) in [6, 6.07) is 7.19. The molecule has 0 bridgehead atoms. The first-order valence-electron chi connectivity index (χ1n) is 5.74. The van der Waals surface area contributed by atoms with E-state index in [2.05, 4.69) is 4.90 Å². The molecular formula is C13H16ClNO2. The molecule has 0 aliphatic carbocycles. The van der Waals surface area contributed by atoms with Gasteiger partial charge in [-0.2, -0.15) is 0 Å². The second-order valence-corrected chi connectivity index (χ2v) is 5.12. The molecule has 1 saturated heterocycles. The number of nitrogens with zero attached hydrogens (tertiary/aromatic N) is 1. The normalized spacial score (nSPS) is 22.6. The van der Waals surface area contributed by atoms with Crippen LogP contribution in [0.1, 0.15) is 17.9 Å². The molecule has 17 heavy (non-hydrogen) atoms. The largest absolute Gasteiger partial charge is 0.481 e. The molecule has 4 heteroatoms. The third kappa shape index (κ3) is 2.79. The van der Waals surface area contributed by atoms with Gasteiger partial charge in [0.05, 0.1) is 5.92 Å². The number of carboxylic acid groups (broad SMARTS) is 1. The Bertz CT molecular complexity index is 422. The number of carboxylic acids is 1. The van der Waals surface area contributed by atoms with Gasteiger partial charge in [-0.1, -0.05) is 23.7 Å². The fourth-order valence-electron chi connectivity index (χ4n) is 2.56. The van der Waals surface area contributed by atoms with Crippen LogP contribution in [0.3, 0.4) is 0 Å². The molecule has 1 aromatic rings. The fourth-order valence-corrected chi connectivity index (χ4v) is 2.76. The van der Waals surface area contributed by atoms with Crippen LogP contribution >= 0.6 is 11.6 Å². The minimum absolute atomic E-state index is 0.177. The van der Waals surface area contributed by atoms with Crippen LogP contribution in [0, 0.1) is 5.92 Å². The number of likely N-dealkylation sites (tertiary alicyclic amines) is 1. The molecule has 1 aliphatic rings. The first-order chi connectivity index (χ1) is 8.08. The molecule has 1 N–H and O–H groups in total. The van der Waals surface area contributed by atoms with Crippen molar-refractivity contribution in [1.29, 1.82) is 0 Å². The lowest BCUT2D eigenvalue weighted by molar-refractivity contribution is -0.140. The first-order valence-corrected chi connectivity index (χ1v) is 6.12. The quantitative estimate of drug-likeness (QED) is 0.900. The second-order valence-electron chi connectivity index (χ2n) is 4.68. The Balaban J connectivity index is 2.26. The van der Waals surface area contributed by atoms with Crippen LogP contribution < -0.4 is 0 Å². The van der Waals surface area contributed by atoms with E-state index in [1.54, 1.807) is 12.1 Å². The monoisotopic (exact) mass is 253 g/mol. The van der Waals surface area contributed by atoms with Gasteiger partial charge in [-0.3, -0.25) is 4.79 Å². The van der Waals surface area contributed by atoms with Crippen LogP contribution in [0.4, 0.5) is 0 Å². The number of hydrogen-bond donors (Lipinski definition) is 1. The summed E-state index contributed by atoms with van der Waals surface area (Å²) in [4.78, 5) is 13.6. The zero-order valence-electron chi connectivity index (χ0n) is 9.77. The third-order valence-electron chi connectivity index (χ3n) is 3.37. The lowest BCUT2D eigenvalue weighted by Crippen LogP contribution is -2.24. The Morgan fingerprint density at radius 2 is 2.35 bits per heavy atom. The van der Waals surface area contributed by atoms with Crippen molar-refractivity contribution in [3.05, 3.63) is 34.9 Å². The fraction of sp³-hybridized carbons (Fsp3) is 0.462. The molecule has 1 heterocycles. The van der Waals surface area contributed by atoms with Gasteiger partial charge in [0.2, 0.25) is 0 Å². The van der Waals surface area contributed by atoms with E-state index in [1.165, 1.54) is 0 Å². The summed E-state index contributed by atoms with van der Waals surface area (Å²) in [7, 11) is 2.02.